The minimum Gasteiger partial charge on any atom is -0.378 e. The molecule has 3 heteroatoms. The average Bonchev–Trinajstić information content (AvgIpc) is 2.75. The fourth-order valence-corrected chi connectivity index (χ4v) is 3.59. The van der Waals surface area contributed by atoms with Gasteiger partial charge in [0.1, 0.15) is 0 Å². The molecule has 1 aromatic rings. The summed E-state index contributed by atoms with van der Waals surface area (Å²) < 4.78 is 0. The highest BCUT2D eigenvalue weighted by atomic mass is 15.3. The van der Waals surface area contributed by atoms with Gasteiger partial charge in [0.25, 0.3) is 0 Å². The second-order valence-electron chi connectivity index (χ2n) is 7.02. The van der Waals surface area contributed by atoms with Crippen LogP contribution in [0, 0.1) is 0 Å². The van der Waals surface area contributed by atoms with Crippen LogP contribution in [0.15, 0.2) is 84.5 Å². The number of hydrogen-bond acceptors (Lipinski definition) is 2. The van der Waals surface area contributed by atoms with Crippen LogP contribution < -0.4 is 0 Å². The summed E-state index contributed by atoms with van der Waals surface area (Å²) in [6, 6.07) is 8.77. The van der Waals surface area contributed by atoms with Gasteiger partial charge in [0, 0.05) is 12.2 Å². The number of nitrogens with zero attached hydrogens (tertiary/aromatic N) is 2. The summed E-state index contributed by atoms with van der Waals surface area (Å²) in [5, 5.41) is 0. The Morgan fingerprint density at radius 1 is 1.10 bits per heavy atom. The summed E-state index contributed by atoms with van der Waals surface area (Å²) >= 11 is 0. The first-order valence-corrected chi connectivity index (χ1v) is 11.0. The van der Waals surface area contributed by atoms with Crippen molar-refractivity contribution >= 4 is 7.41 Å². The molecule has 0 unspecified atom stereocenters. The van der Waals surface area contributed by atoms with E-state index in [4.69, 9.17) is 0 Å². The Morgan fingerprint density at radius 3 is 2.31 bits per heavy atom. The molecule has 0 heterocycles. The maximum absolute atomic E-state index is 3.96. The van der Waals surface area contributed by atoms with Crippen molar-refractivity contribution in [1.82, 2.24) is 9.71 Å². The molecule has 0 radical (unpaired) electrons. The van der Waals surface area contributed by atoms with Crippen LogP contribution in [-0.2, 0) is 12.8 Å². The maximum Gasteiger partial charge on any atom is 0.240 e. The van der Waals surface area contributed by atoms with Crippen molar-refractivity contribution in [1.29, 1.82) is 0 Å². The fourth-order valence-electron chi connectivity index (χ4n) is 3.59. The van der Waals surface area contributed by atoms with Crippen LogP contribution in [0.4, 0.5) is 0 Å². The van der Waals surface area contributed by atoms with Crippen LogP contribution in [0.25, 0.3) is 0 Å². The largest absolute Gasteiger partial charge is 0.378 e. The van der Waals surface area contributed by atoms with Crippen molar-refractivity contribution in [2.45, 2.75) is 60.7 Å². The van der Waals surface area contributed by atoms with Crippen LogP contribution in [-0.4, -0.2) is 23.7 Å². The lowest BCUT2D eigenvalue weighted by Crippen LogP contribution is -2.33. The second-order valence-corrected chi connectivity index (χ2v) is 7.02. The molecule has 1 aromatic carbocycles. The first-order chi connectivity index (χ1) is 14.1. The van der Waals surface area contributed by atoms with E-state index in [1.165, 1.54) is 28.2 Å². The van der Waals surface area contributed by atoms with Gasteiger partial charge in [0.2, 0.25) is 7.41 Å². The lowest BCUT2D eigenvalue weighted by atomic mass is 9.93. The highest BCUT2D eigenvalue weighted by Crippen LogP contribution is 2.19. The van der Waals surface area contributed by atoms with E-state index in [1.54, 1.807) is 0 Å². The van der Waals surface area contributed by atoms with Gasteiger partial charge >= 0.3 is 0 Å². The lowest BCUT2D eigenvalue weighted by molar-refractivity contribution is 0.399. The number of allylic oxidation sites excluding steroid dienone is 6. The SMILES string of the molecule is C=CN(CC)/C(=C/C)N(BC)C(=C\C)/C=C(C)/C=C\CCc1ccccc1CC. The molecule has 0 fully saturated rings. The Labute approximate surface area is 180 Å². The topological polar surface area (TPSA) is 6.48 Å². The number of hydrogen-bond donors (Lipinski definition) is 0. The zero-order valence-electron chi connectivity index (χ0n) is 19.4. The first-order valence-electron chi connectivity index (χ1n) is 11.0. The van der Waals surface area contributed by atoms with Crippen molar-refractivity contribution in [3.05, 3.63) is 95.6 Å². The van der Waals surface area contributed by atoms with Gasteiger partial charge in [-0.3, -0.25) is 0 Å². The zero-order chi connectivity index (χ0) is 21.6. The second kappa shape index (κ2) is 13.7. The number of aryl methyl sites for hydroxylation is 2. The van der Waals surface area contributed by atoms with Crippen LogP contribution in [0.3, 0.4) is 0 Å². The first kappa shape index (κ1) is 24.6. The molecule has 0 saturated heterocycles. The van der Waals surface area contributed by atoms with Gasteiger partial charge < -0.3 is 9.71 Å². The molecule has 0 aliphatic rings. The average molecular weight is 390 g/mol. The third-order valence-electron chi connectivity index (χ3n) is 5.15. The minimum absolute atomic E-state index is 0.901. The molecule has 0 bridgehead atoms. The molecule has 0 aromatic heterocycles. The van der Waals surface area contributed by atoms with Gasteiger partial charge in [-0.05, 0) is 82.0 Å². The van der Waals surface area contributed by atoms with E-state index < -0.39 is 0 Å². The van der Waals surface area contributed by atoms with E-state index in [0.29, 0.717) is 0 Å². The summed E-state index contributed by atoms with van der Waals surface area (Å²) in [6.45, 7) is 17.8. The van der Waals surface area contributed by atoms with Gasteiger partial charge in [-0.1, -0.05) is 62.8 Å². The van der Waals surface area contributed by atoms with Gasteiger partial charge in [-0.15, -0.1) is 0 Å². The molecule has 0 N–H and O–H groups in total. The molecule has 2 nitrogen and oxygen atoms in total. The van der Waals surface area contributed by atoms with E-state index >= 15 is 0 Å². The Morgan fingerprint density at radius 2 is 1.79 bits per heavy atom. The predicted molar refractivity (Wildman–Crippen MR) is 132 cm³/mol. The van der Waals surface area contributed by atoms with E-state index in [1.807, 2.05) is 6.20 Å². The summed E-state index contributed by atoms with van der Waals surface area (Å²) in [4.78, 5) is 4.51. The van der Waals surface area contributed by atoms with E-state index in [0.717, 1.165) is 33.2 Å². The zero-order valence-corrected chi connectivity index (χ0v) is 19.4. The van der Waals surface area contributed by atoms with Crippen LogP contribution in [0.1, 0.15) is 52.2 Å². The molecule has 29 heavy (non-hydrogen) atoms. The van der Waals surface area contributed by atoms with Crippen molar-refractivity contribution in [2.75, 3.05) is 6.54 Å². The molecule has 0 spiro atoms. The Bertz CT molecular complexity index is 756. The predicted octanol–water partition coefficient (Wildman–Crippen LogP) is 6.62. The van der Waals surface area contributed by atoms with Gasteiger partial charge in [0.05, 0.1) is 5.82 Å². The highest BCUT2D eigenvalue weighted by Gasteiger charge is 2.14. The van der Waals surface area contributed by atoms with E-state index in [2.05, 4.69) is 112 Å². The molecule has 0 aliphatic heterocycles. The smallest absolute Gasteiger partial charge is 0.240 e. The molecule has 0 amide bonds. The van der Waals surface area contributed by atoms with Crippen LogP contribution in [0.5, 0.6) is 0 Å². The quantitative estimate of drug-likeness (QED) is 0.292. The summed E-state index contributed by atoms with van der Waals surface area (Å²) in [5.74, 6) is 1.17. The van der Waals surface area contributed by atoms with Crippen molar-refractivity contribution < 1.29 is 0 Å². The Hall–Kier alpha value is -2.42. The molecular weight excluding hydrogens is 351 g/mol. The molecular formula is C26H39BN2. The van der Waals surface area contributed by atoms with Crippen molar-refractivity contribution in [3.8, 4) is 0 Å². The highest BCUT2D eigenvalue weighted by molar-refractivity contribution is 6.31. The lowest BCUT2D eigenvalue weighted by Gasteiger charge is -2.34. The Kier molecular flexibility index (Phi) is 11.6. The number of rotatable bonds is 12. The molecule has 1 rings (SSSR count). The van der Waals surface area contributed by atoms with Gasteiger partial charge in [-0.2, -0.15) is 0 Å². The third kappa shape index (κ3) is 7.49. The molecule has 156 valence electrons. The standard InChI is InChI=1S/C26H39BN2/c1-8-23-18-15-16-20-24(23)19-14-13-17-22(6)21-25(9-2)29(27-7)26(10-3)28(11-4)12-5/h9-11,13,15-18,20-21,27H,4,8,12,14,19H2,1-3,5-7H3/b17-13-,22-21+,25-9-,26-10-. The van der Waals surface area contributed by atoms with Gasteiger partial charge in [0.15, 0.2) is 0 Å². The van der Waals surface area contributed by atoms with Crippen molar-refractivity contribution in [3.63, 3.8) is 0 Å². The normalized spacial score (nSPS) is 13.0. The van der Waals surface area contributed by atoms with Crippen LogP contribution in [0.2, 0.25) is 6.82 Å². The Balaban J connectivity index is 2.86. The van der Waals surface area contributed by atoms with E-state index in [9.17, 15) is 0 Å². The summed E-state index contributed by atoms with van der Waals surface area (Å²) in [5.41, 5.74) is 5.40. The van der Waals surface area contributed by atoms with E-state index in [-0.39, 0.29) is 0 Å². The molecule has 0 saturated carbocycles. The molecule has 0 atom stereocenters. The van der Waals surface area contributed by atoms with Crippen LogP contribution >= 0.6 is 0 Å². The minimum atomic E-state index is 0.901. The van der Waals surface area contributed by atoms with Gasteiger partial charge in [-0.25, -0.2) is 0 Å². The number of benzene rings is 1. The molecule has 0 aliphatic carbocycles. The monoisotopic (exact) mass is 390 g/mol. The summed E-state index contributed by atoms with van der Waals surface area (Å²) in [7, 11) is 0.908. The maximum atomic E-state index is 3.96. The fraction of sp³-hybridized carbons (Fsp3) is 0.385. The third-order valence-corrected chi connectivity index (χ3v) is 5.15. The summed E-state index contributed by atoms with van der Waals surface area (Å²) in [6.07, 6.45) is 16.3. The van der Waals surface area contributed by atoms with Crippen molar-refractivity contribution in [2.24, 2.45) is 0 Å².